The van der Waals surface area contributed by atoms with E-state index in [9.17, 15) is 0 Å². The Balaban J connectivity index is 2.19. The highest BCUT2D eigenvalue weighted by atomic mass is 16.5. The minimum atomic E-state index is 0.174. The molecule has 0 atom stereocenters. The van der Waals surface area contributed by atoms with Gasteiger partial charge < -0.3 is 10.5 Å². The predicted molar refractivity (Wildman–Crippen MR) is 106 cm³/mol. The van der Waals surface area contributed by atoms with Crippen LogP contribution in [0.5, 0.6) is 11.5 Å². The lowest BCUT2D eigenvalue weighted by atomic mass is 9.94. The number of rotatable bonds is 3. The fourth-order valence-electron chi connectivity index (χ4n) is 3.15. The molecule has 0 spiro atoms. The van der Waals surface area contributed by atoms with E-state index in [-0.39, 0.29) is 6.04 Å². The van der Waals surface area contributed by atoms with E-state index in [1.165, 1.54) is 6.07 Å². The Morgan fingerprint density at radius 3 is 2.23 bits per heavy atom. The lowest BCUT2D eigenvalue weighted by molar-refractivity contribution is 0.480. The van der Waals surface area contributed by atoms with Crippen LogP contribution in [0.15, 0.2) is 48.5 Å². The number of hydrogen-bond donors (Lipinski definition) is 1. The molecule has 3 aromatic carbocycles. The summed E-state index contributed by atoms with van der Waals surface area (Å²) in [7, 11) is 0. The fourth-order valence-corrected chi connectivity index (χ4v) is 3.15. The quantitative estimate of drug-likeness (QED) is 0.608. The number of hydrogen-bond acceptors (Lipinski definition) is 3. The molecule has 0 bridgehead atoms. The molecule has 0 amide bonds. The van der Waals surface area contributed by atoms with Crippen molar-refractivity contribution in [2.75, 3.05) is 5.73 Å². The zero-order chi connectivity index (χ0) is 19.7. The SMILES string of the molecule is [2H]c1cc(C#N)ccc1Oc1c(C)cc(C)cc1-c1cc(C)cc(C)c1N. The molecule has 0 aliphatic carbocycles. The molecule has 0 saturated heterocycles. The third-order valence-electron chi connectivity index (χ3n) is 4.37. The van der Waals surface area contributed by atoms with Crippen LogP contribution in [0.25, 0.3) is 11.1 Å². The van der Waals surface area contributed by atoms with Crippen molar-refractivity contribution in [3.63, 3.8) is 0 Å². The van der Waals surface area contributed by atoms with E-state index in [4.69, 9.17) is 17.1 Å². The smallest absolute Gasteiger partial charge is 0.138 e. The third kappa shape index (κ3) is 3.41. The van der Waals surface area contributed by atoms with Crippen LogP contribution in [0.3, 0.4) is 0 Å². The van der Waals surface area contributed by atoms with Crippen molar-refractivity contribution in [1.29, 1.82) is 5.26 Å². The number of ether oxygens (including phenoxy) is 1. The van der Waals surface area contributed by atoms with Crippen molar-refractivity contribution in [3.8, 4) is 28.7 Å². The van der Waals surface area contributed by atoms with Crippen LogP contribution >= 0.6 is 0 Å². The number of anilines is 1. The summed E-state index contributed by atoms with van der Waals surface area (Å²) in [5.74, 6) is 1.08. The maximum absolute atomic E-state index is 9.00. The van der Waals surface area contributed by atoms with Gasteiger partial charge in [-0.15, -0.1) is 0 Å². The Hall–Kier alpha value is -3.25. The first-order chi connectivity index (χ1) is 12.8. The Kier molecular flexibility index (Phi) is 4.33. The molecule has 0 saturated carbocycles. The molecule has 0 heterocycles. The Bertz CT molecular complexity index is 1080. The van der Waals surface area contributed by atoms with Crippen LogP contribution in [-0.4, -0.2) is 0 Å². The molecular formula is C23H22N2O. The second kappa shape index (κ2) is 6.93. The van der Waals surface area contributed by atoms with Crippen molar-refractivity contribution in [3.05, 3.63) is 76.3 Å². The molecule has 0 aliphatic rings. The topological polar surface area (TPSA) is 59.0 Å². The number of nitrogens with zero attached hydrogens (tertiary/aromatic N) is 1. The van der Waals surface area contributed by atoms with Crippen molar-refractivity contribution < 1.29 is 6.11 Å². The van der Waals surface area contributed by atoms with Gasteiger partial charge in [0.2, 0.25) is 0 Å². The van der Waals surface area contributed by atoms with Crippen molar-refractivity contribution in [2.45, 2.75) is 27.7 Å². The highest BCUT2D eigenvalue weighted by Crippen LogP contribution is 2.40. The molecule has 3 aromatic rings. The van der Waals surface area contributed by atoms with E-state index in [1.54, 1.807) is 12.1 Å². The van der Waals surface area contributed by atoms with Gasteiger partial charge in [-0.3, -0.25) is 0 Å². The van der Waals surface area contributed by atoms with E-state index in [1.807, 2.05) is 39.8 Å². The minimum Gasteiger partial charge on any atom is -0.456 e. The average molecular weight is 343 g/mol. The van der Waals surface area contributed by atoms with E-state index >= 15 is 0 Å². The van der Waals surface area contributed by atoms with Crippen LogP contribution in [-0.2, 0) is 0 Å². The summed E-state index contributed by atoms with van der Waals surface area (Å²) in [5, 5.41) is 9.00. The van der Waals surface area contributed by atoms with Crippen LogP contribution < -0.4 is 10.5 Å². The van der Waals surface area contributed by atoms with Gasteiger partial charge in [-0.25, -0.2) is 0 Å². The maximum Gasteiger partial charge on any atom is 0.138 e. The first-order valence-electron chi connectivity index (χ1n) is 8.97. The van der Waals surface area contributed by atoms with Gasteiger partial charge in [0.1, 0.15) is 11.5 Å². The standard InChI is InChI=1S/C23H22N2O/c1-14-9-16(3)22(25)20(11-14)21-12-15(2)10-17(4)23(21)26-19-7-5-18(13-24)6-8-19/h5-12H,25H2,1-4H3/i7D. The van der Waals surface area contributed by atoms with Crippen LogP contribution in [0.1, 0.15) is 29.2 Å². The maximum atomic E-state index is 9.00. The zero-order valence-corrected chi connectivity index (χ0v) is 15.5. The summed E-state index contributed by atoms with van der Waals surface area (Å²) < 4.78 is 14.3. The first-order valence-corrected chi connectivity index (χ1v) is 8.47. The number of aryl methyl sites for hydroxylation is 4. The summed E-state index contributed by atoms with van der Waals surface area (Å²) in [6.45, 7) is 8.06. The molecule has 3 heteroatoms. The second-order valence-corrected chi connectivity index (χ2v) is 6.66. The normalized spacial score (nSPS) is 11.0. The van der Waals surface area contributed by atoms with E-state index in [2.05, 4.69) is 18.2 Å². The highest BCUT2D eigenvalue weighted by Gasteiger charge is 2.15. The van der Waals surface area contributed by atoms with Crippen LogP contribution in [0, 0.1) is 39.0 Å². The van der Waals surface area contributed by atoms with Gasteiger partial charge in [-0.2, -0.15) is 5.26 Å². The molecule has 3 nitrogen and oxygen atoms in total. The largest absolute Gasteiger partial charge is 0.456 e. The van der Waals surface area contributed by atoms with Crippen molar-refractivity contribution in [1.82, 2.24) is 0 Å². The molecule has 3 rings (SSSR count). The van der Waals surface area contributed by atoms with Crippen molar-refractivity contribution in [2.24, 2.45) is 0 Å². The second-order valence-electron chi connectivity index (χ2n) is 6.66. The molecule has 0 radical (unpaired) electrons. The van der Waals surface area contributed by atoms with Gasteiger partial charge in [0.15, 0.2) is 0 Å². The first kappa shape index (κ1) is 16.2. The Morgan fingerprint density at radius 2 is 1.58 bits per heavy atom. The van der Waals surface area contributed by atoms with Crippen molar-refractivity contribution >= 4 is 5.69 Å². The lowest BCUT2D eigenvalue weighted by Gasteiger charge is -2.18. The lowest BCUT2D eigenvalue weighted by Crippen LogP contribution is -1.99. The van der Waals surface area contributed by atoms with Gasteiger partial charge in [0.25, 0.3) is 0 Å². The van der Waals surface area contributed by atoms with Gasteiger partial charge in [-0.1, -0.05) is 17.7 Å². The van der Waals surface area contributed by atoms with Gasteiger partial charge in [-0.05, 0) is 80.8 Å². The Morgan fingerprint density at radius 1 is 0.923 bits per heavy atom. The van der Waals surface area contributed by atoms with Gasteiger partial charge in [0, 0.05) is 16.8 Å². The fraction of sp³-hybridized carbons (Fsp3) is 0.174. The van der Waals surface area contributed by atoms with E-state index in [0.717, 1.165) is 39.1 Å². The predicted octanol–water partition coefficient (Wildman–Crippen LogP) is 5.83. The summed E-state index contributed by atoms with van der Waals surface area (Å²) in [6.07, 6.45) is 0. The number of nitrogens with two attached hydrogens (primary N) is 1. The average Bonchev–Trinajstić information content (AvgIpc) is 2.61. The van der Waals surface area contributed by atoms with E-state index < -0.39 is 0 Å². The number of benzene rings is 3. The summed E-state index contributed by atoms with van der Waals surface area (Å²) >= 11 is 0. The number of nitriles is 1. The van der Waals surface area contributed by atoms with Gasteiger partial charge >= 0.3 is 0 Å². The summed E-state index contributed by atoms with van der Waals surface area (Å²) in [4.78, 5) is 0. The zero-order valence-electron chi connectivity index (χ0n) is 16.5. The monoisotopic (exact) mass is 343 g/mol. The van der Waals surface area contributed by atoms with Crippen LogP contribution in [0.2, 0.25) is 0 Å². The highest BCUT2D eigenvalue weighted by molar-refractivity contribution is 5.84. The third-order valence-corrected chi connectivity index (χ3v) is 4.37. The molecule has 26 heavy (non-hydrogen) atoms. The molecule has 0 aliphatic heterocycles. The van der Waals surface area contributed by atoms with Crippen LogP contribution in [0.4, 0.5) is 5.69 Å². The molecule has 0 aromatic heterocycles. The molecular weight excluding hydrogens is 320 g/mol. The van der Waals surface area contributed by atoms with E-state index in [0.29, 0.717) is 17.1 Å². The molecule has 2 N–H and O–H groups in total. The summed E-state index contributed by atoms with van der Waals surface area (Å²) in [5.41, 5.74) is 13.6. The number of nitrogen functional groups attached to an aromatic ring is 1. The summed E-state index contributed by atoms with van der Waals surface area (Å²) in [6, 6.07) is 15.3. The molecule has 0 fully saturated rings. The molecule has 130 valence electrons. The Labute approximate surface area is 156 Å². The minimum absolute atomic E-state index is 0.174. The van der Waals surface area contributed by atoms with Gasteiger partial charge in [0.05, 0.1) is 13.0 Å². The molecule has 0 unspecified atom stereocenters.